The lowest BCUT2D eigenvalue weighted by atomic mass is 10.2. The second-order valence-electron chi connectivity index (χ2n) is 3.82. The fraction of sp³-hybridized carbons (Fsp3) is 0.333. The maximum atomic E-state index is 12.1. The Morgan fingerprint density at radius 3 is 2.72 bits per heavy atom. The summed E-state index contributed by atoms with van der Waals surface area (Å²) in [5, 5.41) is 0.0785. The van der Waals surface area contributed by atoms with Crippen LogP contribution in [0.1, 0.15) is 19.8 Å². The number of anilines is 1. The molecule has 0 heterocycles. The first-order chi connectivity index (χ1) is 8.40. The molecule has 0 aliphatic rings. The van der Waals surface area contributed by atoms with E-state index in [9.17, 15) is 8.42 Å². The highest BCUT2D eigenvalue weighted by Gasteiger charge is 2.21. The fourth-order valence-corrected chi connectivity index (χ4v) is 3.19. The first kappa shape index (κ1) is 14.8. The van der Waals surface area contributed by atoms with Crippen LogP contribution in [-0.2, 0) is 10.0 Å². The van der Waals surface area contributed by atoms with Crippen LogP contribution in [0.5, 0.6) is 0 Å². The Kier molecular flexibility index (Phi) is 5.03. The molecule has 0 saturated heterocycles. The molecule has 1 unspecified atom stereocenters. The van der Waals surface area contributed by atoms with Crippen molar-refractivity contribution in [2.45, 2.75) is 30.7 Å². The summed E-state index contributed by atoms with van der Waals surface area (Å²) in [5.41, 5.74) is 5.92. The lowest BCUT2D eigenvalue weighted by Gasteiger charge is -2.13. The lowest BCUT2D eigenvalue weighted by molar-refractivity contribution is 0.564. The van der Waals surface area contributed by atoms with E-state index < -0.39 is 16.1 Å². The Bertz CT molecular complexity index is 564. The zero-order valence-electron chi connectivity index (χ0n) is 9.98. The Hall–Kier alpha value is -1.22. The number of hydrogen-bond acceptors (Lipinski definition) is 3. The van der Waals surface area contributed by atoms with Crippen molar-refractivity contribution in [2.24, 2.45) is 0 Å². The zero-order valence-corrected chi connectivity index (χ0v) is 11.6. The van der Waals surface area contributed by atoms with Crippen LogP contribution in [0.25, 0.3) is 0 Å². The number of halogens is 1. The van der Waals surface area contributed by atoms with Gasteiger partial charge in [-0.1, -0.05) is 30.9 Å². The highest BCUT2D eigenvalue weighted by molar-refractivity contribution is 7.89. The van der Waals surface area contributed by atoms with Gasteiger partial charge < -0.3 is 5.73 Å². The first-order valence-corrected chi connectivity index (χ1v) is 7.30. The van der Waals surface area contributed by atoms with E-state index in [2.05, 4.69) is 10.6 Å². The van der Waals surface area contributed by atoms with E-state index >= 15 is 0 Å². The number of sulfonamides is 1. The molecule has 0 aliphatic carbocycles. The van der Waals surface area contributed by atoms with Crippen LogP contribution in [0.15, 0.2) is 23.1 Å². The number of nitrogen functional groups attached to an aromatic ring is 1. The third kappa shape index (κ3) is 3.64. The molecule has 0 saturated carbocycles. The van der Waals surface area contributed by atoms with Crippen LogP contribution >= 0.6 is 11.6 Å². The predicted molar refractivity (Wildman–Crippen MR) is 73.7 cm³/mol. The summed E-state index contributed by atoms with van der Waals surface area (Å²) in [6.07, 6.45) is 6.63. The quantitative estimate of drug-likeness (QED) is 0.642. The number of hydrogen-bond donors (Lipinski definition) is 2. The Morgan fingerprint density at radius 2 is 2.22 bits per heavy atom. The molecule has 0 fully saturated rings. The van der Waals surface area contributed by atoms with Crippen LogP contribution in [-0.4, -0.2) is 14.5 Å². The normalized spacial score (nSPS) is 12.9. The molecule has 0 bridgehead atoms. The van der Waals surface area contributed by atoms with Gasteiger partial charge in [-0.25, -0.2) is 8.42 Å². The summed E-state index contributed by atoms with van der Waals surface area (Å²) < 4.78 is 26.6. The predicted octanol–water partition coefficient (Wildman–Crippen LogP) is 2.00. The van der Waals surface area contributed by atoms with Gasteiger partial charge in [0.2, 0.25) is 10.0 Å². The van der Waals surface area contributed by atoms with Gasteiger partial charge >= 0.3 is 0 Å². The molecule has 6 heteroatoms. The average molecular weight is 287 g/mol. The van der Waals surface area contributed by atoms with Crippen LogP contribution in [0.2, 0.25) is 5.02 Å². The summed E-state index contributed by atoms with van der Waals surface area (Å²) in [6.45, 7) is 1.93. The van der Waals surface area contributed by atoms with Crippen molar-refractivity contribution >= 4 is 27.3 Å². The molecule has 1 atom stereocenters. The maximum Gasteiger partial charge on any atom is 0.243 e. The maximum absolute atomic E-state index is 12.1. The largest absolute Gasteiger partial charge is 0.399 e. The second kappa shape index (κ2) is 6.10. The van der Waals surface area contributed by atoms with E-state index in [1.807, 2.05) is 6.92 Å². The van der Waals surface area contributed by atoms with E-state index in [4.69, 9.17) is 23.8 Å². The van der Waals surface area contributed by atoms with Gasteiger partial charge in [0.1, 0.15) is 4.90 Å². The van der Waals surface area contributed by atoms with Gasteiger partial charge in [0, 0.05) is 5.69 Å². The zero-order chi connectivity index (χ0) is 13.8. The molecular formula is C12H15ClN2O2S. The standard InChI is InChI=1S/C12H15ClN2O2S/c1-3-5-10(4-2)15-18(16,17)12-7-6-9(14)8-11(12)13/h2,6-8,10,15H,3,5,14H2,1H3. The van der Waals surface area contributed by atoms with Gasteiger partial charge in [-0.2, -0.15) is 4.72 Å². The molecule has 18 heavy (non-hydrogen) atoms. The number of nitrogens with one attached hydrogen (secondary N) is 1. The van der Waals surface area contributed by atoms with Crippen molar-refractivity contribution in [3.05, 3.63) is 23.2 Å². The molecule has 3 N–H and O–H groups in total. The van der Waals surface area contributed by atoms with E-state index in [0.29, 0.717) is 12.1 Å². The lowest BCUT2D eigenvalue weighted by Crippen LogP contribution is -2.33. The minimum Gasteiger partial charge on any atom is -0.399 e. The third-order valence-electron chi connectivity index (χ3n) is 2.32. The van der Waals surface area contributed by atoms with Crippen LogP contribution in [0, 0.1) is 12.3 Å². The van der Waals surface area contributed by atoms with Crippen LogP contribution in [0.4, 0.5) is 5.69 Å². The number of nitrogens with two attached hydrogens (primary N) is 1. The van der Waals surface area contributed by atoms with Gasteiger partial charge in [0.15, 0.2) is 0 Å². The molecule has 0 amide bonds. The van der Waals surface area contributed by atoms with Gasteiger partial charge in [-0.3, -0.25) is 0 Å². The molecule has 0 aliphatic heterocycles. The topological polar surface area (TPSA) is 72.2 Å². The summed E-state index contributed by atoms with van der Waals surface area (Å²) in [5.74, 6) is 2.40. The van der Waals surface area contributed by atoms with Crippen molar-refractivity contribution in [2.75, 3.05) is 5.73 Å². The molecule has 0 spiro atoms. The van der Waals surface area contributed by atoms with Crippen molar-refractivity contribution < 1.29 is 8.42 Å². The second-order valence-corrected chi connectivity index (χ2v) is 5.91. The van der Waals surface area contributed by atoms with Crippen LogP contribution < -0.4 is 10.5 Å². The van der Waals surface area contributed by atoms with Gasteiger partial charge in [0.05, 0.1) is 11.1 Å². The van der Waals surface area contributed by atoms with Gasteiger partial charge in [-0.15, -0.1) is 6.42 Å². The SMILES string of the molecule is C#CC(CCC)NS(=O)(=O)c1ccc(N)cc1Cl. The monoisotopic (exact) mass is 286 g/mol. The number of benzene rings is 1. The Morgan fingerprint density at radius 1 is 1.56 bits per heavy atom. The van der Waals surface area contributed by atoms with Gasteiger partial charge in [0.25, 0.3) is 0 Å². The summed E-state index contributed by atoms with van der Waals surface area (Å²) in [7, 11) is -3.72. The summed E-state index contributed by atoms with van der Waals surface area (Å²) in [6, 6.07) is 3.69. The fourth-order valence-electron chi connectivity index (χ4n) is 1.45. The highest BCUT2D eigenvalue weighted by atomic mass is 35.5. The molecule has 0 aromatic heterocycles. The highest BCUT2D eigenvalue weighted by Crippen LogP contribution is 2.23. The van der Waals surface area contributed by atoms with E-state index in [0.717, 1.165) is 6.42 Å². The summed E-state index contributed by atoms with van der Waals surface area (Å²) in [4.78, 5) is -0.0188. The first-order valence-electron chi connectivity index (χ1n) is 5.44. The molecule has 0 radical (unpaired) electrons. The summed E-state index contributed by atoms with van der Waals surface area (Å²) >= 11 is 5.87. The van der Waals surface area contributed by atoms with E-state index in [-0.39, 0.29) is 9.92 Å². The smallest absolute Gasteiger partial charge is 0.243 e. The van der Waals surface area contributed by atoms with Crippen LogP contribution in [0.3, 0.4) is 0 Å². The van der Waals surface area contributed by atoms with Gasteiger partial charge in [-0.05, 0) is 24.6 Å². The minimum atomic E-state index is -3.72. The molecule has 1 aromatic carbocycles. The number of terminal acetylenes is 1. The van der Waals surface area contributed by atoms with Crippen molar-refractivity contribution in [3.63, 3.8) is 0 Å². The third-order valence-corrected chi connectivity index (χ3v) is 4.28. The molecule has 98 valence electrons. The minimum absolute atomic E-state index is 0.0188. The van der Waals surface area contributed by atoms with Crippen molar-refractivity contribution in [1.82, 2.24) is 4.72 Å². The molecule has 4 nitrogen and oxygen atoms in total. The molecular weight excluding hydrogens is 272 g/mol. The molecule has 1 rings (SSSR count). The Balaban J connectivity index is 3.03. The van der Waals surface area contributed by atoms with E-state index in [1.54, 1.807) is 0 Å². The van der Waals surface area contributed by atoms with E-state index in [1.165, 1.54) is 18.2 Å². The molecule has 1 aromatic rings. The Labute approximate surface area is 113 Å². The average Bonchev–Trinajstić information content (AvgIpc) is 2.27. The number of rotatable bonds is 5. The van der Waals surface area contributed by atoms with Crippen molar-refractivity contribution in [1.29, 1.82) is 0 Å². The van der Waals surface area contributed by atoms with Crippen molar-refractivity contribution in [3.8, 4) is 12.3 Å².